The van der Waals surface area contributed by atoms with E-state index in [-0.39, 0.29) is 0 Å². The molecule has 0 fully saturated rings. The van der Waals surface area contributed by atoms with Crippen LogP contribution in [0.25, 0.3) is 0 Å². The van der Waals surface area contributed by atoms with Crippen LogP contribution < -0.4 is 0 Å². The fourth-order valence-corrected chi connectivity index (χ4v) is 1.51. The summed E-state index contributed by atoms with van der Waals surface area (Å²) in [6.07, 6.45) is 0.387. The van der Waals surface area contributed by atoms with Gasteiger partial charge in [-0.05, 0) is 20.8 Å². The van der Waals surface area contributed by atoms with Crippen LogP contribution in [0.5, 0.6) is 0 Å². The van der Waals surface area contributed by atoms with E-state index in [1.54, 1.807) is 20.8 Å². The van der Waals surface area contributed by atoms with Gasteiger partial charge in [-0.1, -0.05) is 0 Å². The third kappa shape index (κ3) is 3.17. The molecule has 8 heteroatoms. The summed E-state index contributed by atoms with van der Waals surface area (Å²) in [5.74, 6) is -10.4. The molecule has 0 saturated carbocycles. The molecule has 1 rings (SSSR count). The van der Waals surface area contributed by atoms with Gasteiger partial charge in [0.1, 0.15) is 11.0 Å². The summed E-state index contributed by atoms with van der Waals surface area (Å²) in [5, 5.41) is 0. The van der Waals surface area contributed by atoms with Gasteiger partial charge in [0.25, 0.3) is 0 Å². The third-order valence-electron chi connectivity index (χ3n) is 2.05. The van der Waals surface area contributed by atoms with Crippen molar-refractivity contribution < 1.29 is 26.2 Å². The van der Waals surface area contributed by atoms with E-state index in [4.69, 9.17) is 0 Å². The lowest BCUT2D eigenvalue weighted by Crippen LogP contribution is -2.20. The van der Waals surface area contributed by atoms with E-state index in [1.165, 1.54) is 0 Å². The van der Waals surface area contributed by atoms with Crippen LogP contribution in [-0.2, 0) is 11.0 Å². The number of rotatable bonds is 2. The van der Waals surface area contributed by atoms with Crippen LogP contribution in [0.1, 0.15) is 26.3 Å². The highest BCUT2D eigenvalue weighted by Gasteiger charge is 2.25. The Morgan fingerprint density at radius 3 is 1.63 bits per heavy atom. The van der Waals surface area contributed by atoms with Gasteiger partial charge >= 0.3 is 0 Å². The van der Waals surface area contributed by atoms with E-state index in [0.717, 1.165) is 0 Å². The average molecular weight is 299 g/mol. The zero-order valence-electron chi connectivity index (χ0n) is 10.2. The van der Waals surface area contributed by atoms with Crippen molar-refractivity contribution in [1.29, 1.82) is 0 Å². The van der Waals surface area contributed by atoms with Crippen molar-refractivity contribution in [1.82, 2.24) is 0 Å². The molecule has 0 aliphatic carbocycles. The van der Waals surface area contributed by atoms with Crippen molar-refractivity contribution >= 4 is 17.2 Å². The fourth-order valence-electron chi connectivity index (χ4n) is 0.994. The largest absolute Gasteiger partial charge is 0.234 e. The maximum Gasteiger partial charge on any atom is 0.200 e. The average Bonchev–Trinajstić information content (AvgIpc) is 2.32. The molecule has 0 aliphatic rings. The van der Waals surface area contributed by atoms with Crippen LogP contribution in [0.3, 0.4) is 0 Å². The monoisotopic (exact) mass is 299 g/mol. The van der Waals surface area contributed by atoms with Crippen LogP contribution in [-0.4, -0.2) is 15.2 Å². The molecule has 106 valence electrons. The highest BCUT2D eigenvalue weighted by Crippen LogP contribution is 2.22. The molecule has 1 aromatic carbocycles. The maximum atomic E-state index is 13.2. The topological polar surface area (TPSA) is 29.4 Å². The minimum Gasteiger partial charge on any atom is -0.234 e. The summed E-state index contributed by atoms with van der Waals surface area (Å²) in [7, 11) is -1.88. The maximum absolute atomic E-state index is 13.2. The van der Waals surface area contributed by atoms with E-state index >= 15 is 0 Å². The zero-order chi connectivity index (χ0) is 15.0. The second kappa shape index (κ2) is 5.36. The van der Waals surface area contributed by atoms with Gasteiger partial charge in [-0.2, -0.15) is 4.40 Å². The molecule has 1 atom stereocenters. The van der Waals surface area contributed by atoms with Crippen molar-refractivity contribution in [2.45, 2.75) is 25.5 Å². The first-order valence-electron chi connectivity index (χ1n) is 5.05. The first-order chi connectivity index (χ1) is 8.57. The molecule has 0 spiro atoms. The lowest BCUT2D eigenvalue weighted by molar-refractivity contribution is 0.377. The normalized spacial score (nSPS) is 14.1. The first-order valence-corrected chi connectivity index (χ1v) is 6.15. The zero-order valence-corrected chi connectivity index (χ0v) is 11.0. The number of hydrogen-bond donors (Lipinski definition) is 0. The van der Waals surface area contributed by atoms with Gasteiger partial charge in [0.05, 0.1) is 16.5 Å². The SMILES string of the molecule is CC(C)(C)S(=O)/N=C/c1c(F)c(F)c(F)c(F)c1F. The van der Waals surface area contributed by atoms with E-state index in [1.807, 2.05) is 0 Å². The Balaban J connectivity index is 3.31. The molecule has 0 heterocycles. The number of halogens is 5. The summed E-state index contributed by atoms with van der Waals surface area (Å²) in [6, 6.07) is 0. The van der Waals surface area contributed by atoms with Crippen molar-refractivity contribution in [2.75, 3.05) is 0 Å². The Hall–Kier alpha value is -1.31. The number of hydrogen-bond acceptors (Lipinski definition) is 1. The molecule has 0 radical (unpaired) electrons. The fraction of sp³-hybridized carbons (Fsp3) is 0.364. The quantitative estimate of drug-likeness (QED) is 0.357. The lowest BCUT2D eigenvalue weighted by atomic mass is 10.2. The highest BCUT2D eigenvalue weighted by molar-refractivity contribution is 7.85. The summed E-state index contributed by atoms with van der Waals surface area (Å²) in [5.41, 5.74) is -1.21. The molecule has 2 nitrogen and oxygen atoms in total. The van der Waals surface area contributed by atoms with Crippen LogP contribution in [0, 0.1) is 29.1 Å². The Bertz CT molecular complexity index is 536. The molecule has 0 saturated heterocycles. The molecular weight excluding hydrogens is 289 g/mol. The molecule has 0 aromatic heterocycles. The van der Waals surface area contributed by atoms with Gasteiger partial charge in [0, 0.05) is 0 Å². The van der Waals surface area contributed by atoms with Crippen molar-refractivity contribution in [3.63, 3.8) is 0 Å². The second-order valence-corrected chi connectivity index (χ2v) is 6.51. The predicted molar refractivity (Wildman–Crippen MR) is 61.7 cm³/mol. The van der Waals surface area contributed by atoms with Crippen LogP contribution >= 0.6 is 0 Å². The van der Waals surface area contributed by atoms with Crippen LogP contribution in [0.4, 0.5) is 22.0 Å². The van der Waals surface area contributed by atoms with Crippen LogP contribution in [0.2, 0.25) is 0 Å². The van der Waals surface area contributed by atoms with Gasteiger partial charge in [-0.15, -0.1) is 0 Å². The van der Waals surface area contributed by atoms with E-state index in [2.05, 4.69) is 4.40 Å². The minimum absolute atomic E-state index is 0.387. The number of nitrogens with zero attached hydrogens (tertiary/aromatic N) is 1. The van der Waals surface area contributed by atoms with Crippen molar-refractivity contribution in [3.8, 4) is 0 Å². The molecule has 0 aliphatic heterocycles. The van der Waals surface area contributed by atoms with Gasteiger partial charge in [0.15, 0.2) is 23.3 Å². The molecule has 19 heavy (non-hydrogen) atoms. The van der Waals surface area contributed by atoms with Gasteiger partial charge in [-0.3, -0.25) is 0 Å². The summed E-state index contributed by atoms with van der Waals surface area (Å²) >= 11 is 0. The molecule has 0 bridgehead atoms. The van der Waals surface area contributed by atoms with Gasteiger partial charge in [0.2, 0.25) is 5.82 Å². The smallest absolute Gasteiger partial charge is 0.200 e. The molecule has 0 amide bonds. The second-order valence-electron chi connectivity index (χ2n) is 4.58. The first kappa shape index (κ1) is 15.7. The van der Waals surface area contributed by atoms with E-state index < -0.39 is 50.4 Å². The van der Waals surface area contributed by atoms with E-state index in [9.17, 15) is 26.2 Å². The number of benzene rings is 1. The highest BCUT2D eigenvalue weighted by atomic mass is 32.2. The molecular formula is C11H10F5NOS. The van der Waals surface area contributed by atoms with Gasteiger partial charge in [-0.25, -0.2) is 26.2 Å². The molecule has 1 aromatic rings. The lowest BCUT2D eigenvalue weighted by Gasteiger charge is -2.12. The Labute approximate surface area is 108 Å². The Morgan fingerprint density at radius 2 is 1.26 bits per heavy atom. The van der Waals surface area contributed by atoms with Gasteiger partial charge < -0.3 is 0 Å². The standard InChI is InChI=1S/C11H10F5NOS/c1-11(2,3)19(18)17-4-5-6(12)8(14)10(16)9(15)7(5)13/h4H,1-3H3/b17-4+. The van der Waals surface area contributed by atoms with E-state index in [0.29, 0.717) is 6.21 Å². The van der Waals surface area contributed by atoms with Crippen LogP contribution in [0.15, 0.2) is 4.40 Å². The molecule has 1 unspecified atom stereocenters. The minimum atomic E-state index is -2.25. The summed E-state index contributed by atoms with van der Waals surface area (Å²) in [4.78, 5) is 0. The Kier molecular flexibility index (Phi) is 4.44. The predicted octanol–water partition coefficient (Wildman–Crippen LogP) is 3.26. The summed E-state index contributed by atoms with van der Waals surface area (Å²) < 4.78 is 79.0. The molecule has 0 N–H and O–H groups in total. The Morgan fingerprint density at radius 1 is 0.895 bits per heavy atom. The summed E-state index contributed by atoms with van der Waals surface area (Å²) in [6.45, 7) is 4.62. The van der Waals surface area contributed by atoms with Crippen molar-refractivity contribution in [3.05, 3.63) is 34.6 Å². The van der Waals surface area contributed by atoms with Crippen molar-refractivity contribution in [2.24, 2.45) is 4.40 Å². The third-order valence-corrected chi connectivity index (χ3v) is 3.39.